The summed E-state index contributed by atoms with van der Waals surface area (Å²) in [5.41, 5.74) is 3.14. The highest BCUT2D eigenvalue weighted by Crippen LogP contribution is 2.11. The van der Waals surface area contributed by atoms with Crippen molar-refractivity contribution in [1.29, 1.82) is 0 Å². The van der Waals surface area contributed by atoms with Crippen LogP contribution in [-0.4, -0.2) is 9.78 Å². The summed E-state index contributed by atoms with van der Waals surface area (Å²) >= 11 is 0. The van der Waals surface area contributed by atoms with Gasteiger partial charge in [0.25, 0.3) is 0 Å². The molecule has 2 aromatic rings. The van der Waals surface area contributed by atoms with E-state index in [1.54, 1.807) is 6.20 Å². The topological polar surface area (TPSA) is 17.8 Å². The Labute approximate surface area is 77.8 Å². The molecular weight excluding hydrogens is 160 g/mol. The molecule has 0 unspecified atom stereocenters. The Balaban J connectivity index is 2.53. The van der Waals surface area contributed by atoms with E-state index in [1.807, 2.05) is 41.9 Å². The van der Waals surface area contributed by atoms with Crippen molar-refractivity contribution in [2.24, 2.45) is 0 Å². The molecule has 0 amide bonds. The van der Waals surface area contributed by atoms with Crippen LogP contribution < -0.4 is 0 Å². The number of hydrogen-bond donors (Lipinski definition) is 0. The first kappa shape index (κ1) is 8.05. The van der Waals surface area contributed by atoms with Gasteiger partial charge < -0.3 is 0 Å². The van der Waals surface area contributed by atoms with Crippen molar-refractivity contribution in [3.8, 4) is 5.69 Å². The van der Waals surface area contributed by atoms with E-state index in [0.29, 0.717) is 0 Å². The number of aromatic nitrogens is 2. The lowest BCUT2D eigenvalue weighted by Gasteiger charge is -2.03. The molecule has 0 N–H and O–H groups in total. The molecule has 0 aliphatic rings. The van der Waals surface area contributed by atoms with Crippen LogP contribution >= 0.6 is 0 Å². The average molecular weight is 171 g/mol. The predicted molar refractivity (Wildman–Crippen MR) is 52.8 cm³/mol. The van der Waals surface area contributed by atoms with Crippen molar-refractivity contribution in [1.82, 2.24) is 9.78 Å². The smallest absolute Gasteiger partial charge is 0.0648 e. The van der Waals surface area contributed by atoms with Crippen molar-refractivity contribution in [3.05, 3.63) is 54.7 Å². The second kappa shape index (κ2) is 3.05. The molecule has 2 nitrogen and oxygen atoms in total. The molecule has 0 saturated carbocycles. The van der Waals surface area contributed by atoms with Crippen molar-refractivity contribution in [2.75, 3.05) is 0 Å². The van der Waals surface area contributed by atoms with E-state index in [0.717, 1.165) is 16.9 Å². The van der Waals surface area contributed by atoms with Gasteiger partial charge in [-0.2, -0.15) is 5.10 Å². The molecule has 1 aromatic heterocycles. The van der Waals surface area contributed by atoms with Crippen LogP contribution in [0.1, 0.15) is 11.3 Å². The summed E-state index contributed by atoms with van der Waals surface area (Å²) in [5.74, 6) is 0. The number of rotatable bonds is 1. The van der Waals surface area contributed by atoms with Gasteiger partial charge in [-0.3, -0.25) is 0 Å². The summed E-state index contributed by atoms with van der Waals surface area (Å²) in [6, 6.07) is 10.0. The molecule has 0 saturated heterocycles. The molecular formula is C11H11N2. The maximum absolute atomic E-state index is 4.24. The molecule has 0 aliphatic carbocycles. The summed E-state index contributed by atoms with van der Waals surface area (Å²) in [6.07, 6.45) is 1.78. The standard InChI is InChI=1S/C11H11N2/c1-9-8-12-13(10(9)2)11-6-4-3-5-7-11/h3-8H,1H2,2H3. The normalized spacial score (nSPS) is 10.3. The van der Waals surface area contributed by atoms with Crippen LogP contribution in [0.25, 0.3) is 5.69 Å². The summed E-state index contributed by atoms with van der Waals surface area (Å²) in [4.78, 5) is 0. The lowest BCUT2D eigenvalue weighted by molar-refractivity contribution is 0.846. The third-order valence-corrected chi connectivity index (χ3v) is 2.11. The van der Waals surface area contributed by atoms with E-state index in [-0.39, 0.29) is 0 Å². The van der Waals surface area contributed by atoms with Crippen LogP contribution in [0.4, 0.5) is 0 Å². The molecule has 1 heterocycles. The summed E-state index contributed by atoms with van der Waals surface area (Å²) < 4.78 is 1.89. The van der Waals surface area contributed by atoms with Gasteiger partial charge in [-0.1, -0.05) is 18.2 Å². The van der Waals surface area contributed by atoms with Gasteiger partial charge in [0.05, 0.1) is 11.9 Å². The summed E-state index contributed by atoms with van der Waals surface area (Å²) in [6.45, 7) is 5.90. The number of benzene rings is 1. The Kier molecular flexibility index (Phi) is 1.89. The molecule has 65 valence electrons. The van der Waals surface area contributed by atoms with E-state index >= 15 is 0 Å². The van der Waals surface area contributed by atoms with Crippen LogP contribution in [0.3, 0.4) is 0 Å². The largest absolute Gasteiger partial charge is 0.238 e. The van der Waals surface area contributed by atoms with Crippen LogP contribution in [-0.2, 0) is 0 Å². The van der Waals surface area contributed by atoms with Crippen molar-refractivity contribution in [3.63, 3.8) is 0 Å². The van der Waals surface area contributed by atoms with E-state index in [1.165, 1.54) is 0 Å². The lowest BCUT2D eigenvalue weighted by atomic mass is 10.3. The third-order valence-electron chi connectivity index (χ3n) is 2.11. The van der Waals surface area contributed by atoms with E-state index in [2.05, 4.69) is 12.0 Å². The SMILES string of the molecule is [CH2]c1cnn(-c2ccccc2)c1C. The van der Waals surface area contributed by atoms with E-state index < -0.39 is 0 Å². The predicted octanol–water partition coefficient (Wildman–Crippen LogP) is 2.36. The Morgan fingerprint density at radius 2 is 1.92 bits per heavy atom. The minimum Gasteiger partial charge on any atom is -0.238 e. The van der Waals surface area contributed by atoms with Gasteiger partial charge in [0.1, 0.15) is 0 Å². The molecule has 0 aliphatic heterocycles. The van der Waals surface area contributed by atoms with Gasteiger partial charge in [0, 0.05) is 5.69 Å². The lowest BCUT2D eigenvalue weighted by Crippen LogP contribution is -1.97. The van der Waals surface area contributed by atoms with Gasteiger partial charge in [-0.15, -0.1) is 0 Å². The Bertz CT molecular complexity index is 401. The van der Waals surface area contributed by atoms with Gasteiger partial charge in [-0.25, -0.2) is 4.68 Å². The zero-order chi connectivity index (χ0) is 9.26. The molecule has 0 atom stereocenters. The first-order valence-corrected chi connectivity index (χ1v) is 4.21. The highest BCUT2D eigenvalue weighted by atomic mass is 15.3. The van der Waals surface area contributed by atoms with Gasteiger partial charge in [0.15, 0.2) is 0 Å². The van der Waals surface area contributed by atoms with E-state index in [4.69, 9.17) is 0 Å². The van der Waals surface area contributed by atoms with Crippen LogP contribution in [0.5, 0.6) is 0 Å². The third kappa shape index (κ3) is 1.35. The monoisotopic (exact) mass is 171 g/mol. The number of nitrogens with zero attached hydrogens (tertiary/aromatic N) is 2. The minimum atomic E-state index is 0.976. The fraction of sp³-hybridized carbons (Fsp3) is 0.0909. The molecule has 1 radical (unpaired) electrons. The Morgan fingerprint density at radius 1 is 1.23 bits per heavy atom. The fourth-order valence-electron chi connectivity index (χ4n) is 1.27. The zero-order valence-corrected chi connectivity index (χ0v) is 7.57. The number of hydrogen-bond acceptors (Lipinski definition) is 1. The number of para-hydroxylation sites is 1. The molecule has 0 bridgehead atoms. The average Bonchev–Trinajstić information content (AvgIpc) is 2.49. The van der Waals surface area contributed by atoms with Crippen molar-refractivity contribution in [2.45, 2.75) is 6.92 Å². The minimum absolute atomic E-state index is 0.976. The maximum atomic E-state index is 4.24. The fourth-order valence-corrected chi connectivity index (χ4v) is 1.27. The van der Waals surface area contributed by atoms with Crippen molar-refractivity contribution >= 4 is 0 Å². The Hall–Kier alpha value is -1.57. The highest BCUT2D eigenvalue weighted by Gasteiger charge is 2.02. The first-order valence-electron chi connectivity index (χ1n) is 4.21. The molecule has 0 spiro atoms. The quantitative estimate of drug-likeness (QED) is 0.644. The second-order valence-electron chi connectivity index (χ2n) is 3.00. The van der Waals surface area contributed by atoms with Crippen LogP contribution in [0.2, 0.25) is 0 Å². The molecule has 2 heteroatoms. The zero-order valence-electron chi connectivity index (χ0n) is 7.57. The molecule has 13 heavy (non-hydrogen) atoms. The van der Waals surface area contributed by atoms with Crippen LogP contribution in [0, 0.1) is 13.8 Å². The van der Waals surface area contributed by atoms with Gasteiger partial charge in [-0.05, 0) is 31.5 Å². The first-order chi connectivity index (χ1) is 6.29. The second-order valence-corrected chi connectivity index (χ2v) is 3.00. The van der Waals surface area contributed by atoms with Gasteiger partial charge >= 0.3 is 0 Å². The summed E-state index contributed by atoms with van der Waals surface area (Å²) in [5, 5.41) is 4.24. The molecule has 1 aromatic carbocycles. The summed E-state index contributed by atoms with van der Waals surface area (Å²) in [7, 11) is 0. The maximum Gasteiger partial charge on any atom is 0.0648 e. The molecule has 2 rings (SSSR count). The Morgan fingerprint density at radius 3 is 2.46 bits per heavy atom. The van der Waals surface area contributed by atoms with E-state index in [9.17, 15) is 0 Å². The van der Waals surface area contributed by atoms with Crippen molar-refractivity contribution < 1.29 is 0 Å². The van der Waals surface area contributed by atoms with Crippen LogP contribution in [0.15, 0.2) is 36.5 Å². The molecule has 0 fully saturated rings. The van der Waals surface area contributed by atoms with Gasteiger partial charge in [0.2, 0.25) is 0 Å². The highest BCUT2D eigenvalue weighted by molar-refractivity contribution is 5.34.